The highest BCUT2D eigenvalue weighted by Crippen LogP contribution is 2.45. The van der Waals surface area contributed by atoms with Crippen LogP contribution in [0, 0.1) is 10.8 Å². The average Bonchev–Trinajstić information content (AvgIpc) is 2.95. The van der Waals surface area contributed by atoms with Crippen LogP contribution in [0.4, 0.5) is 0 Å². The van der Waals surface area contributed by atoms with E-state index in [4.69, 9.17) is 11.6 Å². The fraction of sp³-hybridized carbons (Fsp3) is 0.909. The summed E-state index contributed by atoms with van der Waals surface area (Å²) in [6.45, 7) is 6.73. The highest BCUT2D eigenvalue weighted by atomic mass is 35.5. The molecule has 0 unspecified atom stereocenters. The summed E-state index contributed by atoms with van der Waals surface area (Å²) in [7, 11) is 0. The summed E-state index contributed by atoms with van der Waals surface area (Å²) < 4.78 is 0. The lowest BCUT2D eigenvalue weighted by atomic mass is 9.89. The van der Waals surface area contributed by atoms with E-state index in [9.17, 15) is 4.79 Å². The summed E-state index contributed by atoms with van der Waals surface area (Å²) in [5.74, 6) is 0.816. The molecule has 14 heavy (non-hydrogen) atoms. The number of hydrogen-bond acceptors (Lipinski definition) is 1. The monoisotopic (exact) mass is 217 g/mol. The molecule has 82 valence electrons. The number of nitrogens with one attached hydrogen (secondary N) is 1. The third-order valence-electron chi connectivity index (χ3n) is 3.36. The van der Waals surface area contributed by atoms with Gasteiger partial charge in [0, 0.05) is 23.3 Å². The summed E-state index contributed by atoms with van der Waals surface area (Å²) in [6.07, 6.45) is 3.18. The maximum absolute atomic E-state index is 11.7. The van der Waals surface area contributed by atoms with Gasteiger partial charge < -0.3 is 5.32 Å². The zero-order valence-corrected chi connectivity index (χ0v) is 10.1. The first-order valence-electron chi connectivity index (χ1n) is 5.30. The van der Waals surface area contributed by atoms with Crippen molar-refractivity contribution in [1.82, 2.24) is 5.32 Å². The summed E-state index contributed by atoms with van der Waals surface area (Å²) in [6, 6.07) is 0. The standard InChI is InChI=1S/C11H20ClNO/c1-4-10(2,3)9(14)13-8-11(7-12)5-6-11/h4-8H2,1-3H3,(H,13,14). The van der Waals surface area contributed by atoms with Crippen LogP contribution < -0.4 is 5.32 Å². The molecule has 1 rings (SSSR count). The van der Waals surface area contributed by atoms with E-state index in [1.165, 1.54) is 0 Å². The van der Waals surface area contributed by atoms with E-state index in [1.54, 1.807) is 0 Å². The maximum Gasteiger partial charge on any atom is 0.225 e. The Hall–Kier alpha value is -0.240. The first kappa shape index (κ1) is 11.8. The van der Waals surface area contributed by atoms with Crippen LogP contribution in [0.25, 0.3) is 0 Å². The van der Waals surface area contributed by atoms with Crippen molar-refractivity contribution in [2.45, 2.75) is 40.0 Å². The Labute approximate surface area is 91.4 Å². The van der Waals surface area contributed by atoms with Gasteiger partial charge >= 0.3 is 0 Å². The predicted molar refractivity (Wildman–Crippen MR) is 59.5 cm³/mol. The van der Waals surface area contributed by atoms with E-state index in [-0.39, 0.29) is 16.7 Å². The van der Waals surface area contributed by atoms with Gasteiger partial charge in [-0.25, -0.2) is 0 Å². The Morgan fingerprint density at radius 3 is 2.43 bits per heavy atom. The van der Waals surface area contributed by atoms with E-state index in [2.05, 4.69) is 5.32 Å². The number of alkyl halides is 1. The molecule has 0 spiro atoms. The maximum atomic E-state index is 11.7. The lowest BCUT2D eigenvalue weighted by molar-refractivity contribution is -0.129. The zero-order chi connectivity index (χ0) is 10.8. The molecule has 1 saturated carbocycles. The average molecular weight is 218 g/mol. The van der Waals surface area contributed by atoms with Crippen molar-refractivity contribution in [3.05, 3.63) is 0 Å². The molecule has 0 aromatic heterocycles. The normalized spacial score (nSPS) is 19.1. The second-order valence-electron chi connectivity index (χ2n) is 5.05. The Morgan fingerprint density at radius 2 is 2.07 bits per heavy atom. The molecule has 0 bridgehead atoms. The molecule has 0 radical (unpaired) electrons. The molecular weight excluding hydrogens is 198 g/mol. The van der Waals surface area contributed by atoms with Gasteiger partial charge in [-0.1, -0.05) is 20.8 Å². The molecule has 1 amide bonds. The number of carbonyl (C=O) groups excluding carboxylic acids is 1. The topological polar surface area (TPSA) is 29.1 Å². The molecule has 0 heterocycles. The van der Waals surface area contributed by atoms with E-state index in [0.29, 0.717) is 5.88 Å². The van der Waals surface area contributed by atoms with Gasteiger partial charge in [0.25, 0.3) is 0 Å². The van der Waals surface area contributed by atoms with Crippen LogP contribution in [0.1, 0.15) is 40.0 Å². The fourth-order valence-corrected chi connectivity index (χ4v) is 1.56. The number of halogens is 1. The third-order valence-corrected chi connectivity index (χ3v) is 3.93. The summed E-state index contributed by atoms with van der Waals surface area (Å²) in [5, 5.41) is 3.00. The first-order valence-corrected chi connectivity index (χ1v) is 5.83. The SMILES string of the molecule is CCC(C)(C)C(=O)NCC1(CCl)CC1. The first-order chi connectivity index (χ1) is 6.46. The highest BCUT2D eigenvalue weighted by Gasteiger charge is 2.42. The molecule has 2 nitrogen and oxygen atoms in total. The Balaban J connectivity index is 2.35. The van der Waals surface area contributed by atoms with Crippen LogP contribution in [-0.4, -0.2) is 18.3 Å². The number of rotatable bonds is 5. The molecular formula is C11H20ClNO. The van der Waals surface area contributed by atoms with Crippen LogP contribution in [0.2, 0.25) is 0 Å². The van der Waals surface area contributed by atoms with Crippen LogP contribution in [0.3, 0.4) is 0 Å². The Kier molecular flexibility index (Phi) is 3.46. The number of hydrogen-bond donors (Lipinski definition) is 1. The van der Waals surface area contributed by atoms with Gasteiger partial charge in [-0.3, -0.25) is 4.79 Å². The van der Waals surface area contributed by atoms with Gasteiger partial charge in [-0.15, -0.1) is 11.6 Å². The molecule has 0 aromatic carbocycles. The second kappa shape index (κ2) is 4.09. The Bertz CT molecular complexity index is 221. The minimum absolute atomic E-state index is 0.149. The van der Waals surface area contributed by atoms with E-state index >= 15 is 0 Å². The van der Waals surface area contributed by atoms with Crippen LogP contribution >= 0.6 is 11.6 Å². The molecule has 3 heteroatoms. The van der Waals surface area contributed by atoms with Gasteiger partial charge in [-0.05, 0) is 19.3 Å². The smallest absolute Gasteiger partial charge is 0.225 e. The van der Waals surface area contributed by atoms with Crippen molar-refractivity contribution < 1.29 is 4.79 Å². The minimum Gasteiger partial charge on any atom is -0.355 e. The molecule has 0 atom stereocenters. The van der Waals surface area contributed by atoms with E-state index in [0.717, 1.165) is 25.8 Å². The second-order valence-corrected chi connectivity index (χ2v) is 5.32. The summed E-state index contributed by atoms with van der Waals surface area (Å²) >= 11 is 5.84. The Morgan fingerprint density at radius 1 is 1.50 bits per heavy atom. The lowest BCUT2D eigenvalue weighted by Gasteiger charge is -2.23. The van der Waals surface area contributed by atoms with E-state index < -0.39 is 0 Å². The van der Waals surface area contributed by atoms with Crippen molar-refractivity contribution >= 4 is 17.5 Å². The molecule has 0 aliphatic heterocycles. The summed E-state index contributed by atoms with van der Waals surface area (Å²) in [5.41, 5.74) is -0.0244. The van der Waals surface area contributed by atoms with Gasteiger partial charge in [0.05, 0.1) is 0 Å². The molecule has 1 aliphatic rings. The van der Waals surface area contributed by atoms with Gasteiger partial charge in [0.15, 0.2) is 0 Å². The number of carbonyl (C=O) groups is 1. The van der Waals surface area contributed by atoms with E-state index in [1.807, 2.05) is 20.8 Å². The van der Waals surface area contributed by atoms with Crippen LogP contribution in [-0.2, 0) is 4.79 Å². The summed E-state index contributed by atoms with van der Waals surface area (Å²) in [4.78, 5) is 11.7. The number of amides is 1. The lowest BCUT2D eigenvalue weighted by Crippen LogP contribution is -2.39. The van der Waals surface area contributed by atoms with Crippen molar-refractivity contribution in [3.63, 3.8) is 0 Å². The van der Waals surface area contributed by atoms with Gasteiger partial charge in [0.1, 0.15) is 0 Å². The third kappa shape index (κ3) is 2.63. The zero-order valence-electron chi connectivity index (χ0n) is 9.32. The van der Waals surface area contributed by atoms with Crippen LogP contribution in [0.15, 0.2) is 0 Å². The molecule has 1 fully saturated rings. The quantitative estimate of drug-likeness (QED) is 0.705. The van der Waals surface area contributed by atoms with Crippen molar-refractivity contribution in [2.24, 2.45) is 10.8 Å². The van der Waals surface area contributed by atoms with Crippen molar-refractivity contribution in [2.75, 3.05) is 12.4 Å². The minimum atomic E-state index is -0.248. The predicted octanol–water partition coefficient (Wildman–Crippen LogP) is 2.56. The molecule has 0 saturated heterocycles. The van der Waals surface area contributed by atoms with Crippen molar-refractivity contribution in [3.8, 4) is 0 Å². The highest BCUT2D eigenvalue weighted by molar-refractivity contribution is 6.18. The molecule has 1 N–H and O–H groups in total. The largest absolute Gasteiger partial charge is 0.355 e. The van der Waals surface area contributed by atoms with Gasteiger partial charge in [0.2, 0.25) is 5.91 Å². The van der Waals surface area contributed by atoms with Crippen molar-refractivity contribution in [1.29, 1.82) is 0 Å². The molecule has 1 aliphatic carbocycles. The van der Waals surface area contributed by atoms with Crippen LogP contribution in [0.5, 0.6) is 0 Å². The van der Waals surface area contributed by atoms with Gasteiger partial charge in [-0.2, -0.15) is 0 Å². The molecule has 0 aromatic rings. The fourth-order valence-electron chi connectivity index (χ4n) is 1.20.